The van der Waals surface area contributed by atoms with E-state index in [0.29, 0.717) is 22.0 Å². The fourth-order valence-electron chi connectivity index (χ4n) is 2.42. The van der Waals surface area contributed by atoms with Crippen LogP contribution >= 0.6 is 23.4 Å². The molecule has 0 bridgehead atoms. The van der Waals surface area contributed by atoms with E-state index >= 15 is 0 Å². The van der Waals surface area contributed by atoms with Gasteiger partial charge in [0.1, 0.15) is 11.6 Å². The van der Waals surface area contributed by atoms with Crippen molar-refractivity contribution in [2.75, 3.05) is 12.9 Å². The van der Waals surface area contributed by atoms with Crippen molar-refractivity contribution < 1.29 is 14.3 Å². The van der Waals surface area contributed by atoms with Crippen LogP contribution in [0.4, 0.5) is 0 Å². The van der Waals surface area contributed by atoms with Gasteiger partial charge in [0.05, 0.1) is 18.4 Å². The monoisotopic (exact) mass is 395 g/mol. The van der Waals surface area contributed by atoms with Gasteiger partial charge in [0.25, 0.3) is 5.91 Å². The molecule has 0 aliphatic heterocycles. The summed E-state index contributed by atoms with van der Waals surface area (Å²) in [6.07, 6.45) is 2.21. The van der Waals surface area contributed by atoms with E-state index in [1.54, 1.807) is 12.1 Å². The maximum atomic E-state index is 12.2. The molecule has 1 fully saturated rings. The van der Waals surface area contributed by atoms with E-state index in [1.165, 1.54) is 24.9 Å². The second kappa shape index (κ2) is 7.96. The number of methoxy groups -OCH3 is 1. The summed E-state index contributed by atoms with van der Waals surface area (Å²) in [7, 11) is 1.45. The van der Waals surface area contributed by atoms with E-state index in [-0.39, 0.29) is 17.2 Å². The predicted molar refractivity (Wildman–Crippen MR) is 97.4 cm³/mol. The third kappa shape index (κ3) is 4.28. The molecule has 0 spiro atoms. The minimum Gasteiger partial charge on any atom is -0.496 e. The minimum atomic E-state index is -0.514. The summed E-state index contributed by atoms with van der Waals surface area (Å²) in [5.74, 6) is 0.449. The third-order valence-corrected chi connectivity index (χ3v) is 4.98. The van der Waals surface area contributed by atoms with Gasteiger partial charge in [0.2, 0.25) is 5.91 Å². The summed E-state index contributed by atoms with van der Waals surface area (Å²) in [5, 5.41) is 9.27. The van der Waals surface area contributed by atoms with Gasteiger partial charge >= 0.3 is 0 Å². The van der Waals surface area contributed by atoms with Gasteiger partial charge in [0.15, 0.2) is 5.16 Å². The number of hydrazine groups is 1. The van der Waals surface area contributed by atoms with Crippen molar-refractivity contribution in [2.24, 2.45) is 0 Å². The van der Waals surface area contributed by atoms with Gasteiger partial charge in [-0.25, -0.2) is 0 Å². The Morgan fingerprint density at radius 2 is 2.12 bits per heavy atom. The number of carbonyl (C=O) groups is 2. The standard InChI is InChI=1S/C16H18ClN5O3S/c1-9-18-21-16(22(9)11-4-5-11)26-8-14(23)19-20-15(24)12-7-10(17)3-6-13(12)25-2/h3,6-7,11H,4-5,8H2,1-2H3,(H,19,23)(H,20,24). The highest BCUT2D eigenvalue weighted by molar-refractivity contribution is 7.99. The molecular formula is C16H18ClN5O3S. The second-order valence-corrected chi connectivity index (χ2v) is 7.15. The van der Waals surface area contributed by atoms with Gasteiger partial charge in [-0.15, -0.1) is 10.2 Å². The zero-order chi connectivity index (χ0) is 18.7. The number of hydrogen-bond donors (Lipinski definition) is 2. The molecule has 3 rings (SSSR count). The number of aryl methyl sites for hydroxylation is 1. The smallest absolute Gasteiger partial charge is 0.273 e. The Morgan fingerprint density at radius 3 is 2.81 bits per heavy atom. The lowest BCUT2D eigenvalue weighted by atomic mass is 10.2. The Morgan fingerprint density at radius 1 is 1.35 bits per heavy atom. The molecule has 138 valence electrons. The van der Waals surface area contributed by atoms with E-state index in [9.17, 15) is 9.59 Å². The number of nitrogens with one attached hydrogen (secondary N) is 2. The van der Waals surface area contributed by atoms with E-state index in [0.717, 1.165) is 18.7 Å². The minimum absolute atomic E-state index is 0.109. The number of rotatable bonds is 6. The lowest BCUT2D eigenvalue weighted by Crippen LogP contribution is -2.42. The van der Waals surface area contributed by atoms with E-state index in [4.69, 9.17) is 16.3 Å². The van der Waals surface area contributed by atoms with Crippen molar-refractivity contribution in [3.63, 3.8) is 0 Å². The summed E-state index contributed by atoms with van der Waals surface area (Å²) in [4.78, 5) is 24.2. The molecule has 1 saturated carbocycles. The van der Waals surface area contributed by atoms with Crippen LogP contribution in [0.5, 0.6) is 5.75 Å². The Hall–Kier alpha value is -2.26. The first-order chi connectivity index (χ1) is 12.5. The summed E-state index contributed by atoms with van der Waals surface area (Å²) < 4.78 is 7.17. The van der Waals surface area contributed by atoms with Gasteiger partial charge in [-0.2, -0.15) is 0 Å². The van der Waals surface area contributed by atoms with Crippen LogP contribution in [0.1, 0.15) is 35.1 Å². The Labute approximate surface area is 159 Å². The molecule has 2 aromatic rings. The van der Waals surface area contributed by atoms with Crippen LogP contribution in [0.15, 0.2) is 23.4 Å². The van der Waals surface area contributed by atoms with E-state index < -0.39 is 5.91 Å². The van der Waals surface area contributed by atoms with Crippen LogP contribution in [0.3, 0.4) is 0 Å². The van der Waals surface area contributed by atoms with Crippen molar-refractivity contribution in [1.29, 1.82) is 0 Å². The molecule has 2 N–H and O–H groups in total. The largest absolute Gasteiger partial charge is 0.496 e. The molecule has 1 aromatic heterocycles. The molecule has 0 unspecified atom stereocenters. The lowest BCUT2D eigenvalue weighted by Gasteiger charge is -2.11. The molecule has 10 heteroatoms. The zero-order valence-corrected chi connectivity index (χ0v) is 15.9. The van der Waals surface area contributed by atoms with E-state index in [1.807, 2.05) is 11.5 Å². The third-order valence-electron chi connectivity index (χ3n) is 3.80. The molecule has 0 radical (unpaired) electrons. The summed E-state index contributed by atoms with van der Waals surface area (Å²) >= 11 is 7.19. The molecule has 0 saturated heterocycles. The maximum absolute atomic E-state index is 12.2. The number of nitrogens with zero attached hydrogens (tertiary/aromatic N) is 3. The topological polar surface area (TPSA) is 98.1 Å². The molecule has 1 aliphatic carbocycles. The molecule has 1 aromatic carbocycles. The van der Waals surface area contributed by atoms with E-state index in [2.05, 4.69) is 21.0 Å². The summed E-state index contributed by atoms with van der Waals surface area (Å²) in [6.45, 7) is 1.90. The number of aromatic nitrogens is 3. The molecule has 2 amide bonds. The van der Waals surface area contributed by atoms with Crippen molar-refractivity contribution in [1.82, 2.24) is 25.6 Å². The highest BCUT2D eigenvalue weighted by Gasteiger charge is 2.28. The number of benzene rings is 1. The summed E-state index contributed by atoms with van der Waals surface area (Å²) in [6, 6.07) is 5.11. The number of amides is 2. The number of hydrogen-bond acceptors (Lipinski definition) is 6. The fourth-order valence-corrected chi connectivity index (χ4v) is 3.44. The molecule has 1 heterocycles. The fraction of sp³-hybridized carbons (Fsp3) is 0.375. The molecule has 26 heavy (non-hydrogen) atoms. The first kappa shape index (κ1) is 18.5. The Kier molecular flexibility index (Phi) is 5.67. The van der Waals surface area contributed by atoms with Gasteiger partial charge in [-0.3, -0.25) is 20.4 Å². The average Bonchev–Trinajstić information content (AvgIpc) is 3.40. The first-order valence-corrected chi connectivity index (χ1v) is 9.33. The number of ether oxygens (including phenoxy) is 1. The molecule has 8 nitrogen and oxygen atoms in total. The Balaban J connectivity index is 1.53. The quantitative estimate of drug-likeness (QED) is 0.574. The zero-order valence-electron chi connectivity index (χ0n) is 14.3. The van der Waals surface area contributed by atoms with Gasteiger partial charge in [-0.1, -0.05) is 23.4 Å². The number of halogens is 1. The normalized spacial score (nSPS) is 13.3. The van der Waals surface area contributed by atoms with Gasteiger partial charge < -0.3 is 9.30 Å². The van der Waals surface area contributed by atoms with Crippen LogP contribution in [0, 0.1) is 6.92 Å². The second-order valence-electron chi connectivity index (χ2n) is 5.77. The van der Waals surface area contributed by atoms with Gasteiger partial charge in [0, 0.05) is 11.1 Å². The van der Waals surface area contributed by atoms with Crippen molar-refractivity contribution in [3.05, 3.63) is 34.6 Å². The Bertz CT molecular complexity index is 837. The molecular weight excluding hydrogens is 378 g/mol. The van der Waals surface area contributed by atoms with Crippen LogP contribution < -0.4 is 15.6 Å². The maximum Gasteiger partial charge on any atom is 0.273 e. The van der Waals surface area contributed by atoms with Crippen molar-refractivity contribution >= 4 is 35.2 Å². The average molecular weight is 396 g/mol. The van der Waals surface area contributed by atoms with Crippen molar-refractivity contribution in [3.8, 4) is 5.75 Å². The predicted octanol–water partition coefficient (Wildman–Crippen LogP) is 2.14. The van der Waals surface area contributed by atoms with Crippen LogP contribution in [0.25, 0.3) is 0 Å². The molecule has 1 aliphatic rings. The number of carbonyl (C=O) groups excluding carboxylic acids is 2. The lowest BCUT2D eigenvalue weighted by molar-refractivity contribution is -0.119. The SMILES string of the molecule is COc1ccc(Cl)cc1C(=O)NNC(=O)CSc1nnc(C)n1C1CC1. The summed E-state index contributed by atoms with van der Waals surface area (Å²) in [5.41, 5.74) is 4.97. The van der Waals surface area contributed by atoms with Crippen molar-refractivity contribution in [2.45, 2.75) is 31.0 Å². The van der Waals surface area contributed by atoms with Crippen LogP contribution in [-0.4, -0.2) is 39.4 Å². The molecule has 0 atom stereocenters. The van der Waals surface area contributed by atoms with Crippen LogP contribution in [0.2, 0.25) is 5.02 Å². The number of thioether (sulfide) groups is 1. The highest BCUT2D eigenvalue weighted by Crippen LogP contribution is 2.38. The highest BCUT2D eigenvalue weighted by atomic mass is 35.5. The van der Waals surface area contributed by atoms with Crippen LogP contribution in [-0.2, 0) is 4.79 Å². The first-order valence-electron chi connectivity index (χ1n) is 7.96. The van der Waals surface area contributed by atoms with Gasteiger partial charge in [-0.05, 0) is 38.0 Å².